The number of carbonyl (C=O) groups is 1. The predicted molar refractivity (Wildman–Crippen MR) is 104 cm³/mol. The van der Waals surface area contributed by atoms with Crippen LogP contribution in [0.15, 0.2) is 42.1 Å². The minimum absolute atomic E-state index is 0.0940. The highest BCUT2D eigenvalue weighted by Crippen LogP contribution is 2.39. The Hall–Kier alpha value is -2.18. The highest BCUT2D eigenvalue weighted by Gasteiger charge is 2.52. The average molecular weight is 352 g/mol. The van der Waals surface area contributed by atoms with Gasteiger partial charge in [0, 0.05) is 36.8 Å². The molecule has 3 rings (SSSR count). The van der Waals surface area contributed by atoms with Gasteiger partial charge in [0.1, 0.15) is 0 Å². The van der Waals surface area contributed by atoms with Gasteiger partial charge in [-0.05, 0) is 38.6 Å². The van der Waals surface area contributed by atoms with Crippen LogP contribution < -0.4 is 5.32 Å². The molecule has 1 fully saturated rings. The van der Waals surface area contributed by atoms with Gasteiger partial charge in [0.05, 0.1) is 11.2 Å². The molecule has 0 unspecified atom stereocenters. The molecular weight excluding hydrogens is 327 g/mol. The summed E-state index contributed by atoms with van der Waals surface area (Å²) in [6.45, 7) is 9.92. The number of benzene rings is 1. The monoisotopic (exact) mass is 352 g/mol. The zero-order valence-electron chi connectivity index (χ0n) is 16.0. The van der Waals surface area contributed by atoms with E-state index in [0.29, 0.717) is 6.54 Å². The van der Waals surface area contributed by atoms with Crippen molar-refractivity contribution in [2.45, 2.75) is 45.8 Å². The van der Waals surface area contributed by atoms with Gasteiger partial charge in [-0.3, -0.25) is 9.78 Å². The highest BCUT2D eigenvalue weighted by molar-refractivity contribution is 6.56. The van der Waals surface area contributed by atoms with Crippen molar-refractivity contribution in [1.29, 1.82) is 0 Å². The normalized spacial score (nSPS) is 19.0. The lowest BCUT2D eigenvalue weighted by Gasteiger charge is -2.32. The van der Waals surface area contributed by atoms with Crippen molar-refractivity contribution in [3.05, 3.63) is 47.7 Å². The van der Waals surface area contributed by atoms with Gasteiger partial charge in [0.25, 0.3) is 0 Å². The summed E-state index contributed by atoms with van der Waals surface area (Å²) >= 11 is 0. The summed E-state index contributed by atoms with van der Waals surface area (Å²) in [6, 6.07) is 8.08. The smallest absolute Gasteiger partial charge is 0.400 e. The number of fused-ring (bicyclic) bond motifs is 1. The fourth-order valence-electron chi connectivity index (χ4n) is 2.88. The van der Waals surface area contributed by atoms with Crippen LogP contribution >= 0.6 is 0 Å². The van der Waals surface area contributed by atoms with E-state index in [4.69, 9.17) is 9.31 Å². The lowest BCUT2D eigenvalue weighted by Crippen LogP contribution is -2.41. The minimum Gasteiger partial charge on any atom is -0.400 e. The fraction of sp³-hybridized carbons (Fsp3) is 0.400. The summed E-state index contributed by atoms with van der Waals surface area (Å²) < 4.78 is 12.4. The topological polar surface area (TPSA) is 60.5 Å². The van der Waals surface area contributed by atoms with Crippen LogP contribution in [-0.4, -0.2) is 35.8 Å². The van der Waals surface area contributed by atoms with Crippen molar-refractivity contribution >= 4 is 29.9 Å². The molecule has 1 N–H and O–H groups in total. The van der Waals surface area contributed by atoms with E-state index in [9.17, 15) is 4.79 Å². The Bertz CT molecular complexity index is 840. The summed E-state index contributed by atoms with van der Waals surface area (Å²) in [6.07, 6.45) is 5.67. The summed E-state index contributed by atoms with van der Waals surface area (Å²) in [7, 11) is -0.522. The zero-order chi connectivity index (χ0) is 18.9. The van der Waals surface area contributed by atoms with Crippen LogP contribution in [0.1, 0.15) is 40.2 Å². The second kappa shape index (κ2) is 6.85. The number of amides is 1. The van der Waals surface area contributed by atoms with Gasteiger partial charge in [-0.2, -0.15) is 0 Å². The van der Waals surface area contributed by atoms with Gasteiger partial charge in [0.15, 0.2) is 0 Å². The van der Waals surface area contributed by atoms with Gasteiger partial charge in [0.2, 0.25) is 5.91 Å². The van der Waals surface area contributed by atoms with Gasteiger partial charge in [-0.15, -0.1) is 0 Å². The van der Waals surface area contributed by atoms with Crippen molar-refractivity contribution in [2.75, 3.05) is 6.54 Å². The van der Waals surface area contributed by atoms with Crippen LogP contribution in [0.3, 0.4) is 0 Å². The molecule has 0 radical (unpaired) electrons. The van der Waals surface area contributed by atoms with Crippen molar-refractivity contribution in [3.8, 4) is 0 Å². The first kappa shape index (κ1) is 18.6. The molecule has 1 aromatic carbocycles. The first-order chi connectivity index (χ1) is 12.2. The van der Waals surface area contributed by atoms with Crippen LogP contribution in [0.2, 0.25) is 0 Å². The molecule has 26 heavy (non-hydrogen) atoms. The molecule has 1 saturated heterocycles. The van der Waals surface area contributed by atoms with Crippen molar-refractivity contribution in [3.63, 3.8) is 0 Å². The van der Waals surface area contributed by atoms with E-state index in [-0.39, 0.29) is 5.91 Å². The van der Waals surface area contributed by atoms with Crippen LogP contribution in [0, 0.1) is 0 Å². The molecule has 1 aliphatic heterocycles. The summed E-state index contributed by atoms with van der Waals surface area (Å²) in [4.78, 5) is 15.8. The van der Waals surface area contributed by atoms with E-state index in [1.165, 1.54) is 6.92 Å². The Morgan fingerprint density at radius 1 is 1.15 bits per heavy atom. The van der Waals surface area contributed by atoms with E-state index < -0.39 is 18.3 Å². The first-order valence-corrected chi connectivity index (χ1v) is 8.83. The van der Waals surface area contributed by atoms with Crippen molar-refractivity contribution < 1.29 is 14.1 Å². The molecule has 6 heteroatoms. The van der Waals surface area contributed by atoms with E-state index >= 15 is 0 Å². The summed E-state index contributed by atoms with van der Waals surface area (Å²) in [5, 5.41) is 5.02. The van der Waals surface area contributed by atoms with E-state index in [2.05, 4.69) is 16.4 Å². The Morgan fingerprint density at radius 3 is 2.46 bits per heavy atom. The van der Waals surface area contributed by atoms with E-state index in [1.807, 2.05) is 64.4 Å². The van der Waals surface area contributed by atoms with E-state index in [0.717, 1.165) is 21.8 Å². The number of hydrogen-bond donors (Lipinski definition) is 1. The zero-order valence-corrected chi connectivity index (χ0v) is 16.0. The van der Waals surface area contributed by atoms with Crippen LogP contribution in [0.5, 0.6) is 0 Å². The largest absolute Gasteiger partial charge is 0.492 e. The Labute approximate surface area is 154 Å². The molecule has 2 heterocycles. The maximum Gasteiger partial charge on any atom is 0.492 e. The SMILES string of the molecule is CC(=O)NCC(=Cc1cncc2ccccc12)B1OC(C)(C)C(C)(C)O1. The second-order valence-electron chi connectivity index (χ2n) is 7.67. The van der Waals surface area contributed by atoms with Crippen molar-refractivity contribution in [1.82, 2.24) is 10.3 Å². The Morgan fingerprint density at radius 2 is 1.81 bits per heavy atom. The maximum atomic E-state index is 11.5. The fourth-order valence-corrected chi connectivity index (χ4v) is 2.88. The molecule has 1 aliphatic rings. The quantitative estimate of drug-likeness (QED) is 0.857. The highest BCUT2D eigenvalue weighted by atomic mass is 16.7. The lowest BCUT2D eigenvalue weighted by molar-refractivity contribution is -0.118. The number of nitrogens with one attached hydrogen (secondary N) is 1. The predicted octanol–water partition coefficient (Wildman–Crippen LogP) is 3.39. The molecule has 0 bridgehead atoms. The van der Waals surface area contributed by atoms with Crippen LogP contribution in [0.4, 0.5) is 0 Å². The van der Waals surface area contributed by atoms with Gasteiger partial charge < -0.3 is 14.6 Å². The number of hydrogen-bond acceptors (Lipinski definition) is 4. The standard InChI is InChI=1S/C20H25BN2O3/c1-14(24)23-13-17(21-25-19(2,3)20(4,5)26-21)10-16-12-22-11-15-8-6-7-9-18(15)16/h6-12H,13H2,1-5H3,(H,23,24). The number of nitrogens with zero attached hydrogens (tertiary/aromatic N) is 1. The number of pyridine rings is 1. The maximum absolute atomic E-state index is 11.5. The average Bonchev–Trinajstić information content (AvgIpc) is 2.79. The van der Waals surface area contributed by atoms with Gasteiger partial charge >= 0.3 is 7.12 Å². The van der Waals surface area contributed by atoms with E-state index in [1.54, 1.807) is 0 Å². The van der Waals surface area contributed by atoms with Crippen molar-refractivity contribution in [2.24, 2.45) is 0 Å². The van der Waals surface area contributed by atoms with Crippen LogP contribution in [-0.2, 0) is 14.1 Å². The molecule has 2 aromatic rings. The molecule has 1 aromatic heterocycles. The number of carbonyl (C=O) groups excluding carboxylic acids is 1. The third-order valence-corrected chi connectivity index (χ3v) is 5.14. The first-order valence-electron chi connectivity index (χ1n) is 8.83. The molecule has 136 valence electrons. The third kappa shape index (κ3) is 3.66. The molecule has 0 saturated carbocycles. The molecule has 5 nitrogen and oxygen atoms in total. The lowest BCUT2D eigenvalue weighted by atomic mass is 9.76. The van der Waals surface area contributed by atoms with Gasteiger partial charge in [-0.25, -0.2) is 0 Å². The number of aromatic nitrogens is 1. The molecule has 0 spiro atoms. The minimum atomic E-state index is -0.522. The number of rotatable bonds is 4. The van der Waals surface area contributed by atoms with Gasteiger partial charge in [-0.1, -0.05) is 30.3 Å². The Kier molecular flexibility index (Phi) is 4.91. The summed E-state index contributed by atoms with van der Waals surface area (Å²) in [5.74, 6) is -0.0940. The third-order valence-electron chi connectivity index (χ3n) is 5.14. The molecule has 0 atom stereocenters. The molecule has 0 aliphatic carbocycles. The molecule has 1 amide bonds. The summed E-state index contributed by atoms with van der Waals surface area (Å²) in [5.41, 5.74) is 0.948. The Balaban J connectivity index is 2.01. The molecular formula is C20H25BN2O3. The van der Waals surface area contributed by atoms with Crippen LogP contribution in [0.25, 0.3) is 16.8 Å². The second-order valence-corrected chi connectivity index (χ2v) is 7.67.